The van der Waals surface area contributed by atoms with Crippen LogP contribution < -0.4 is 0 Å². The Morgan fingerprint density at radius 2 is 1.81 bits per heavy atom. The Bertz CT molecular complexity index is 733. The number of aromatic nitrogens is 2. The first-order valence-electron chi connectivity index (χ1n) is 11.4. The van der Waals surface area contributed by atoms with E-state index in [0.717, 1.165) is 50.6 Å². The second-order valence-electron chi connectivity index (χ2n) is 9.22. The number of hydrogen-bond acceptors (Lipinski definition) is 5. The summed E-state index contributed by atoms with van der Waals surface area (Å²) < 4.78 is 42.0. The highest BCUT2D eigenvalue weighted by atomic mass is 19.4. The van der Waals surface area contributed by atoms with E-state index in [-0.39, 0.29) is 18.0 Å². The highest BCUT2D eigenvalue weighted by Gasteiger charge is 2.31. The van der Waals surface area contributed by atoms with Gasteiger partial charge in [-0.3, -0.25) is 4.79 Å². The van der Waals surface area contributed by atoms with Gasteiger partial charge in [-0.15, -0.1) is 0 Å². The molecule has 2 aliphatic rings. The smallest absolute Gasteiger partial charge is 0.393 e. The molecule has 0 spiro atoms. The van der Waals surface area contributed by atoms with Gasteiger partial charge in [0.15, 0.2) is 5.78 Å². The summed E-state index contributed by atoms with van der Waals surface area (Å²) in [6.45, 7) is 0.337. The second kappa shape index (κ2) is 10.9. The predicted octanol–water partition coefficient (Wildman–Crippen LogP) is 4.84. The van der Waals surface area contributed by atoms with Gasteiger partial charge in [0.05, 0.1) is 23.5 Å². The summed E-state index contributed by atoms with van der Waals surface area (Å²) in [5.74, 6) is 1.24. The number of rotatable bonds is 7. The van der Waals surface area contributed by atoms with Gasteiger partial charge in [0, 0.05) is 12.6 Å². The van der Waals surface area contributed by atoms with Crippen molar-refractivity contribution in [2.24, 2.45) is 11.8 Å². The van der Waals surface area contributed by atoms with Crippen LogP contribution in [0.4, 0.5) is 13.2 Å². The maximum atomic E-state index is 12.3. The third kappa shape index (κ3) is 7.83. The van der Waals surface area contributed by atoms with Gasteiger partial charge in [-0.05, 0) is 70.1 Å². The summed E-state index contributed by atoms with van der Waals surface area (Å²) in [4.78, 5) is 21.2. The zero-order chi connectivity index (χ0) is 22.4. The summed E-state index contributed by atoms with van der Waals surface area (Å²) in [5, 5.41) is 10.1. The Morgan fingerprint density at radius 1 is 1.10 bits per heavy atom. The van der Waals surface area contributed by atoms with Crippen LogP contribution in [0.2, 0.25) is 0 Å². The van der Waals surface area contributed by atoms with E-state index in [1.54, 1.807) is 6.20 Å². The Morgan fingerprint density at radius 3 is 2.48 bits per heavy atom. The quantitative estimate of drug-likeness (QED) is 0.483. The third-order valence-electron chi connectivity index (χ3n) is 6.53. The van der Waals surface area contributed by atoms with Crippen LogP contribution in [0.25, 0.3) is 0 Å². The van der Waals surface area contributed by atoms with Crippen LogP contribution >= 0.6 is 0 Å². The Labute approximate surface area is 181 Å². The summed E-state index contributed by atoms with van der Waals surface area (Å²) in [5.41, 5.74) is 1.31. The molecule has 2 aliphatic carbocycles. The van der Waals surface area contributed by atoms with E-state index in [9.17, 15) is 23.1 Å². The number of halogens is 3. The third-order valence-corrected chi connectivity index (χ3v) is 6.53. The summed E-state index contributed by atoms with van der Waals surface area (Å²) in [7, 11) is 0. The molecule has 0 aromatic carbocycles. The molecule has 5 nitrogen and oxygen atoms in total. The van der Waals surface area contributed by atoms with Crippen LogP contribution in [0, 0.1) is 11.8 Å². The molecule has 1 aromatic rings. The lowest BCUT2D eigenvalue weighted by Gasteiger charge is -2.28. The van der Waals surface area contributed by atoms with Gasteiger partial charge in [-0.2, -0.15) is 13.2 Å². The van der Waals surface area contributed by atoms with Crippen molar-refractivity contribution in [2.75, 3.05) is 6.61 Å². The summed E-state index contributed by atoms with van der Waals surface area (Å²) in [6, 6.07) is 0. The molecule has 1 N–H and O–H groups in total. The molecule has 174 valence electrons. The van der Waals surface area contributed by atoms with E-state index in [1.807, 2.05) is 0 Å². The highest BCUT2D eigenvalue weighted by molar-refractivity contribution is 5.94. The summed E-state index contributed by atoms with van der Waals surface area (Å²) >= 11 is 0. The van der Waals surface area contributed by atoms with E-state index in [1.165, 1.54) is 6.92 Å². The standard InChI is InChI=1S/C23H33F3N2O3/c1-15(29)20-13-27-22(28-21(20)11-17-4-2-3-5-18(30)10-17)12-16-6-8-19(9-7-16)31-14-23(24,25)26/h13,16-19,30H,2-12,14H2,1H3/t16-,17-,18+,19-/m1/s1. The molecule has 1 aromatic heterocycles. The minimum Gasteiger partial charge on any atom is -0.393 e. The minimum atomic E-state index is -4.28. The van der Waals surface area contributed by atoms with E-state index in [4.69, 9.17) is 9.72 Å². The number of carbonyl (C=O) groups excluding carboxylic acids is 1. The molecule has 1 heterocycles. The van der Waals surface area contributed by atoms with E-state index >= 15 is 0 Å². The number of Topliss-reactive ketones (excluding diaryl/α,β-unsaturated/α-hetero) is 1. The molecule has 3 rings (SSSR count). The van der Waals surface area contributed by atoms with E-state index < -0.39 is 12.8 Å². The second-order valence-corrected chi connectivity index (χ2v) is 9.22. The zero-order valence-electron chi connectivity index (χ0n) is 18.2. The molecule has 0 unspecified atom stereocenters. The predicted molar refractivity (Wildman–Crippen MR) is 110 cm³/mol. The van der Waals surface area contributed by atoms with Gasteiger partial charge >= 0.3 is 6.18 Å². The van der Waals surface area contributed by atoms with Crippen LogP contribution in [-0.4, -0.2) is 45.8 Å². The molecule has 0 bridgehead atoms. The molecule has 2 atom stereocenters. The molecule has 2 saturated carbocycles. The molecule has 0 aliphatic heterocycles. The topological polar surface area (TPSA) is 72.3 Å². The average molecular weight is 443 g/mol. The zero-order valence-corrected chi connectivity index (χ0v) is 18.2. The van der Waals surface area contributed by atoms with Crippen LogP contribution in [0.3, 0.4) is 0 Å². The van der Waals surface area contributed by atoms with Crippen molar-refractivity contribution in [3.05, 3.63) is 23.3 Å². The fourth-order valence-corrected chi connectivity index (χ4v) is 4.87. The number of alkyl halides is 3. The monoisotopic (exact) mass is 442 g/mol. The number of ketones is 1. The molecule has 31 heavy (non-hydrogen) atoms. The normalized spacial score (nSPS) is 27.6. The van der Waals surface area contributed by atoms with Gasteiger partial charge in [-0.25, -0.2) is 9.97 Å². The molecule has 0 saturated heterocycles. The number of aliphatic hydroxyl groups excluding tert-OH is 1. The molecule has 0 radical (unpaired) electrons. The SMILES string of the molecule is CC(=O)c1cnc(C[C@H]2CC[C@H](OCC(F)(F)F)CC2)nc1C[C@@H]1CCCC[C@H](O)C1. The first-order chi connectivity index (χ1) is 14.7. The molecular formula is C23H33F3N2O3. The maximum absolute atomic E-state index is 12.3. The fourth-order valence-electron chi connectivity index (χ4n) is 4.87. The lowest BCUT2D eigenvalue weighted by atomic mass is 9.85. The van der Waals surface area contributed by atoms with Crippen molar-refractivity contribution in [1.82, 2.24) is 9.97 Å². The van der Waals surface area contributed by atoms with Gasteiger partial charge in [0.25, 0.3) is 0 Å². The van der Waals surface area contributed by atoms with Crippen LogP contribution in [-0.2, 0) is 17.6 Å². The van der Waals surface area contributed by atoms with Crippen molar-refractivity contribution in [3.8, 4) is 0 Å². The van der Waals surface area contributed by atoms with E-state index in [2.05, 4.69) is 4.98 Å². The van der Waals surface area contributed by atoms with Crippen molar-refractivity contribution in [1.29, 1.82) is 0 Å². The Kier molecular flexibility index (Phi) is 8.44. The Hall–Kier alpha value is -1.54. The fraction of sp³-hybridized carbons (Fsp3) is 0.783. The van der Waals surface area contributed by atoms with E-state index in [0.29, 0.717) is 48.9 Å². The number of nitrogens with zero attached hydrogens (tertiary/aromatic N) is 2. The molecule has 2 fully saturated rings. The first kappa shape index (κ1) is 24.1. The van der Waals surface area contributed by atoms with Gasteiger partial charge in [-0.1, -0.05) is 12.8 Å². The van der Waals surface area contributed by atoms with Crippen LogP contribution in [0.5, 0.6) is 0 Å². The number of ether oxygens (including phenoxy) is 1. The highest BCUT2D eigenvalue weighted by Crippen LogP contribution is 2.31. The van der Waals surface area contributed by atoms with Gasteiger partial charge in [0.1, 0.15) is 12.4 Å². The largest absolute Gasteiger partial charge is 0.411 e. The van der Waals surface area contributed by atoms with Crippen LogP contribution in [0.1, 0.15) is 86.6 Å². The maximum Gasteiger partial charge on any atom is 0.411 e. The van der Waals surface area contributed by atoms with Crippen molar-refractivity contribution >= 4 is 5.78 Å². The summed E-state index contributed by atoms with van der Waals surface area (Å²) in [6.07, 6.45) is 5.51. The number of aliphatic hydroxyl groups is 1. The first-order valence-corrected chi connectivity index (χ1v) is 11.4. The van der Waals surface area contributed by atoms with Crippen LogP contribution in [0.15, 0.2) is 6.20 Å². The molecule has 8 heteroatoms. The van der Waals surface area contributed by atoms with Crippen molar-refractivity contribution in [3.63, 3.8) is 0 Å². The molecular weight excluding hydrogens is 409 g/mol. The number of carbonyl (C=O) groups is 1. The Balaban J connectivity index is 1.59. The van der Waals surface area contributed by atoms with Crippen molar-refractivity contribution in [2.45, 2.75) is 95.9 Å². The lowest BCUT2D eigenvalue weighted by Crippen LogP contribution is -2.28. The van der Waals surface area contributed by atoms with Crippen molar-refractivity contribution < 1.29 is 27.8 Å². The lowest BCUT2D eigenvalue weighted by molar-refractivity contribution is -0.188. The minimum absolute atomic E-state index is 0.0574. The van der Waals surface area contributed by atoms with Gasteiger partial charge < -0.3 is 9.84 Å². The molecule has 0 amide bonds. The average Bonchev–Trinajstić information content (AvgIpc) is 2.90. The number of hydrogen-bond donors (Lipinski definition) is 1. The van der Waals surface area contributed by atoms with Gasteiger partial charge in [0.2, 0.25) is 0 Å².